The van der Waals surface area contributed by atoms with Crippen LogP contribution in [0, 0.1) is 10.1 Å². The molecule has 2 rings (SSSR count). The van der Waals surface area contributed by atoms with E-state index in [-0.39, 0.29) is 22.0 Å². The summed E-state index contributed by atoms with van der Waals surface area (Å²) >= 11 is 12.1. The second kappa shape index (κ2) is 7.25. The summed E-state index contributed by atoms with van der Waals surface area (Å²) in [7, 11) is 0. The number of allylic oxidation sites excluding steroid dienone is 1. The number of benzene rings is 2. The zero-order valence-electron chi connectivity index (χ0n) is 11.3. The summed E-state index contributed by atoms with van der Waals surface area (Å²) in [5.74, 6) is -0.341. The molecule has 0 bridgehead atoms. The van der Waals surface area contributed by atoms with Gasteiger partial charge in [-0.3, -0.25) is 14.9 Å². The Hall–Kier alpha value is -1.70. The molecule has 1 N–H and O–H groups in total. The Balaban J connectivity index is 2.29. The van der Waals surface area contributed by atoms with Crippen molar-refractivity contribution < 1.29 is 14.8 Å². The minimum absolute atomic E-state index is 0.0260. The first-order chi connectivity index (χ1) is 10.8. The van der Waals surface area contributed by atoms with Crippen LogP contribution in [0.4, 0.5) is 5.69 Å². The normalized spacial score (nSPS) is 10.9. The van der Waals surface area contributed by atoms with Crippen molar-refractivity contribution >= 4 is 61.0 Å². The molecule has 0 radical (unpaired) electrons. The number of hydrogen-bond donors (Lipinski definition) is 1. The second-order valence-electron chi connectivity index (χ2n) is 4.45. The molecule has 0 saturated carbocycles. The Labute approximate surface area is 153 Å². The van der Waals surface area contributed by atoms with Crippen molar-refractivity contribution in [3.8, 4) is 5.75 Å². The quantitative estimate of drug-likeness (QED) is 0.287. The number of nitro benzene ring substituents is 1. The maximum Gasteiger partial charge on any atom is 0.288 e. The number of phenolic OH excluding ortho intramolecular Hbond substituents is 1. The Morgan fingerprint density at radius 2 is 1.83 bits per heavy atom. The van der Waals surface area contributed by atoms with Crippen molar-refractivity contribution in [3.63, 3.8) is 0 Å². The first-order valence-corrected chi connectivity index (χ1v) is 8.10. The number of nitro groups is 1. The average Bonchev–Trinajstić information content (AvgIpc) is 2.50. The molecule has 0 aliphatic rings. The molecule has 0 amide bonds. The van der Waals surface area contributed by atoms with E-state index in [1.165, 1.54) is 24.3 Å². The van der Waals surface area contributed by atoms with Gasteiger partial charge >= 0.3 is 0 Å². The number of ketones is 1. The number of carbonyl (C=O) groups excluding carboxylic acids is 1. The zero-order chi connectivity index (χ0) is 17.1. The lowest BCUT2D eigenvalue weighted by molar-refractivity contribution is -0.384. The molecule has 5 nitrogen and oxygen atoms in total. The maximum atomic E-state index is 12.1. The average molecular weight is 461 g/mol. The highest BCUT2D eigenvalue weighted by atomic mass is 79.9. The minimum atomic E-state index is -0.642. The van der Waals surface area contributed by atoms with Crippen LogP contribution in [0.1, 0.15) is 15.9 Å². The van der Waals surface area contributed by atoms with E-state index in [4.69, 9.17) is 11.6 Å². The summed E-state index contributed by atoms with van der Waals surface area (Å²) in [4.78, 5) is 22.3. The first-order valence-electron chi connectivity index (χ1n) is 6.14. The molecule has 2 aromatic rings. The molecule has 0 saturated heterocycles. The summed E-state index contributed by atoms with van der Waals surface area (Å²) in [6.45, 7) is 0. The maximum absolute atomic E-state index is 12.1. The summed E-state index contributed by atoms with van der Waals surface area (Å²) in [5.41, 5.74) is 0.508. The molecule has 8 heteroatoms. The third-order valence-corrected chi connectivity index (χ3v) is 4.42. The predicted octanol–water partition coefficient (Wildman–Crippen LogP) is 5.37. The van der Waals surface area contributed by atoms with Gasteiger partial charge in [0.15, 0.2) is 5.78 Å². The molecule has 0 aliphatic carbocycles. The van der Waals surface area contributed by atoms with Gasteiger partial charge in [0.25, 0.3) is 5.69 Å². The van der Waals surface area contributed by atoms with Gasteiger partial charge in [-0.2, -0.15) is 0 Å². The van der Waals surface area contributed by atoms with Crippen molar-refractivity contribution in [2.45, 2.75) is 0 Å². The van der Waals surface area contributed by atoms with Crippen LogP contribution in [0.2, 0.25) is 5.02 Å². The van der Waals surface area contributed by atoms with Crippen LogP contribution in [-0.2, 0) is 0 Å². The Kier molecular flexibility index (Phi) is 5.56. The standard InChI is InChI=1S/C15H8Br2ClNO4/c16-10-5-8(6-11(17)15(10)21)1-4-14(20)9-2-3-12(18)13(7-9)19(22)23/h1-7,21H/b4-1+. The van der Waals surface area contributed by atoms with Crippen molar-refractivity contribution in [3.05, 3.63) is 71.6 Å². The van der Waals surface area contributed by atoms with Gasteiger partial charge in [-0.15, -0.1) is 0 Å². The van der Waals surface area contributed by atoms with E-state index in [1.54, 1.807) is 12.1 Å². The lowest BCUT2D eigenvalue weighted by atomic mass is 10.1. The topological polar surface area (TPSA) is 80.4 Å². The van der Waals surface area contributed by atoms with Crippen LogP contribution in [0.3, 0.4) is 0 Å². The number of nitrogens with zero attached hydrogens (tertiary/aromatic N) is 1. The van der Waals surface area contributed by atoms with E-state index in [0.29, 0.717) is 14.5 Å². The van der Waals surface area contributed by atoms with Gasteiger partial charge < -0.3 is 5.11 Å². The van der Waals surface area contributed by atoms with Crippen molar-refractivity contribution in [2.75, 3.05) is 0 Å². The van der Waals surface area contributed by atoms with E-state index in [1.807, 2.05) is 0 Å². The highest BCUT2D eigenvalue weighted by Gasteiger charge is 2.15. The van der Waals surface area contributed by atoms with Gasteiger partial charge in [0, 0.05) is 11.6 Å². The molecule has 0 spiro atoms. The molecule has 0 heterocycles. The molecular formula is C15H8Br2ClNO4. The molecule has 23 heavy (non-hydrogen) atoms. The largest absolute Gasteiger partial charge is 0.506 e. The third-order valence-electron chi connectivity index (χ3n) is 2.89. The summed E-state index contributed by atoms with van der Waals surface area (Å²) in [6.07, 6.45) is 2.83. The lowest BCUT2D eigenvalue weighted by Crippen LogP contribution is -1.97. The van der Waals surface area contributed by atoms with Gasteiger partial charge in [-0.1, -0.05) is 17.7 Å². The molecule has 0 fully saturated rings. The predicted molar refractivity (Wildman–Crippen MR) is 95.0 cm³/mol. The van der Waals surface area contributed by atoms with E-state index in [9.17, 15) is 20.0 Å². The molecular weight excluding hydrogens is 453 g/mol. The molecule has 118 valence electrons. The van der Waals surface area contributed by atoms with Crippen molar-refractivity contribution in [1.82, 2.24) is 0 Å². The van der Waals surface area contributed by atoms with E-state index in [0.717, 1.165) is 6.07 Å². The van der Waals surface area contributed by atoms with Crippen LogP contribution in [0.15, 0.2) is 45.4 Å². The van der Waals surface area contributed by atoms with Gasteiger partial charge in [0.2, 0.25) is 0 Å². The number of rotatable bonds is 4. The monoisotopic (exact) mass is 459 g/mol. The Bertz CT molecular complexity index is 813. The Morgan fingerprint density at radius 3 is 2.39 bits per heavy atom. The minimum Gasteiger partial charge on any atom is -0.506 e. The fourth-order valence-electron chi connectivity index (χ4n) is 1.76. The van der Waals surface area contributed by atoms with Gasteiger partial charge in [0.05, 0.1) is 13.9 Å². The summed E-state index contributed by atoms with van der Waals surface area (Å²) < 4.78 is 0.946. The fraction of sp³-hybridized carbons (Fsp3) is 0. The number of carbonyl (C=O) groups is 1. The number of phenols is 1. The summed E-state index contributed by atoms with van der Waals surface area (Å²) in [5, 5.41) is 20.4. The fourth-order valence-corrected chi connectivity index (χ4v) is 3.16. The third kappa shape index (κ3) is 4.19. The smallest absolute Gasteiger partial charge is 0.288 e. The lowest BCUT2D eigenvalue weighted by Gasteiger charge is -2.02. The van der Waals surface area contributed by atoms with Crippen LogP contribution < -0.4 is 0 Å². The number of halogens is 3. The second-order valence-corrected chi connectivity index (χ2v) is 6.57. The first kappa shape index (κ1) is 17.7. The van der Waals surface area contributed by atoms with Gasteiger partial charge in [-0.25, -0.2) is 0 Å². The molecule has 0 unspecified atom stereocenters. The Morgan fingerprint density at radius 1 is 1.22 bits per heavy atom. The molecule has 2 aromatic carbocycles. The van der Waals surface area contributed by atoms with Crippen molar-refractivity contribution in [2.24, 2.45) is 0 Å². The SMILES string of the molecule is O=C(/C=C/c1cc(Br)c(O)c(Br)c1)c1ccc(Cl)c([N+](=O)[O-])c1. The molecule has 0 aromatic heterocycles. The van der Waals surface area contributed by atoms with Crippen molar-refractivity contribution in [1.29, 1.82) is 0 Å². The van der Waals surface area contributed by atoms with Crippen LogP contribution >= 0.6 is 43.5 Å². The summed E-state index contributed by atoms with van der Waals surface area (Å²) in [6, 6.07) is 7.14. The van der Waals surface area contributed by atoms with Crippen LogP contribution in [0.5, 0.6) is 5.75 Å². The van der Waals surface area contributed by atoms with E-state index >= 15 is 0 Å². The highest BCUT2D eigenvalue weighted by Crippen LogP contribution is 2.33. The number of aromatic hydroxyl groups is 1. The van der Waals surface area contributed by atoms with Crippen LogP contribution in [-0.4, -0.2) is 15.8 Å². The highest BCUT2D eigenvalue weighted by molar-refractivity contribution is 9.11. The van der Waals surface area contributed by atoms with Gasteiger partial charge in [0.1, 0.15) is 10.8 Å². The van der Waals surface area contributed by atoms with E-state index in [2.05, 4.69) is 31.9 Å². The zero-order valence-corrected chi connectivity index (χ0v) is 15.2. The van der Waals surface area contributed by atoms with Gasteiger partial charge in [-0.05, 0) is 67.8 Å². The number of hydrogen-bond acceptors (Lipinski definition) is 4. The van der Waals surface area contributed by atoms with E-state index < -0.39 is 10.7 Å². The molecule has 0 atom stereocenters. The molecule has 0 aliphatic heterocycles. The van der Waals surface area contributed by atoms with Crippen LogP contribution in [0.25, 0.3) is 6.08 Å².